The lowest BCUT2D eigenvalue weighted by atomic mass is 9.88. The van der Waals surface area contributed by atoms with Gasteiger partial charge >= 0.3 is 0 Å². The number of methoxy groups -OCH3 is 1. The first-order valence-corrected chi connectivity index (χ1v) is 8.53. The van der Waals surface area contributed by atoms with E-state index in [1.54, 1.807) is 0 Å². The number of hydrogen-bond donors (Lipinski definition) is 1. The summed E-state index contributed by atoms with van der Waals surface area (Å²) in [5.41, 5.74) is 2.54. The van der Waals surface area contributed by atoms with Gasteiger partial charge in [-0.1, -0.05) is 26.7 Å². The smallest absolute Gasteiger partial charge is 0.0834 e. The maximum absolute atomic E-state index is 6.00. The minimum absolute atomic E-state index is 0.00519. The Morgan fingerprint density at radius 2 is 2.05 bits per heavy atom. The van der Waals surface area contributed by atoms with Crippen LogP contribution in [0.15, 0.2) is 6.07 Å². The number of hydrogen-bond acceptors (Lipinski definition) is 3. The van der Waals surface area contributed by atoms with Crippen molar-refractivity contribution in [3.8, 4) is 0 Å². The van der Waals surface area contributed by atoms with E-state index in [0.29, 0.717) is 6.04 Å². The van der Waals surface area contributed by atoms with Gasteiger partial charge in [-0.05, 0) is 38.8 Å². The Bertz CT molecular complexity index is 435. The Morgan fingerprint density at radius 3 is 2.57 bits per heavy atom. The van der Waals surface area contributed by atoms with Crippen molar-refractivity contribution in [1.29, 1.82) is 0 Å². The summed E-state index contributed by atoms with van der Waals surface area (Å²) in [6.45, 7) is 8.44. The molecule has 1 saturated carbocycles. The molecule has 1 aromatic rings. The van der Waals surface area contributed by atoms with Crippen LogP contribution in [0.25, 0.3) is 0 Å². The lowest BCUT2D eigenvalue weighted by molar-refractivity contribution is -0.0355. The van der Waals surface area contributed by atoms with Gasteiger partial charge in [0.1, 0.15) is 0 Å². The molecule has 4 nitrogen and oxygen atoms in total. The van der Waals surface area contributed by atoms with Crippen molar-refractivity contribution < 1.29 is 4.74 Å². The number of nitrogens with zero attached hydrogens (tertiary/aromatic N) is 2. The van der Waals surface area contributed by atoms with Crippen molar-refractivity contribution in [2.24, 2.45) is 0 Å². The fraction of sp³-hybridized carbons (Fsp3) is 0.824. The molecule has 0 amide bonds. The molecular weight excluding hydrogens is 262 g/mol. The van der Waals surface area contributed by atoms with Crippen molar-refractivity contribution in [1.82, 2.24) is 15.1 Å². The van der Waals surface area contributed by atoms with E-state index in [1.165, 1.54) is 37.1 Å². The first-order chi connectivity index (χ1) is 10.2. The van der Waals surface area contributed by atoms with Crippen LogP contribution in [-0.4, -0.2) is 35.1 Å². The molecule has 0 spiro atoms. The number of ether oxygens (including phenoxy) is 1. The molecule has 0 aromatic carbocycles. The second kappa shape index (κ2) is 7.41. The molecule has 1 atom stereocenters. The summed E-state index contributed by atoms with van der Waals surface area (Å²) in [4.78, 5) is 0. The molecule has 1 aliphatic rings. The third-order valence-electron chi connectivity index (χ3n) is 4.93. The molecule has 120 valence electrons. The Hall–Kier alpha value is -0.870. The van der Waals surface area contributed by atoms with E-state index in [2.05, 4.69) is 41.9 Å². The van der Waals surface area contributed by atoms with Gasteiger partial charge in [0.25, 0.3) is 0 Å². The molecule has 0 aliphatic heterocycles. The predicted molar refractivity (Wildman–Crippen MR) is 86.7 cm³/mol. The van der Waals surface area contributed by atoms with Gasteiger partial charge in [0.05, 0.1) is 11.3 Å². The number of aryl methyl sites for hydroxylation is 2. The van der Waals surface area contributed by atoms with Crippen molar-refractivity contribution in [2.45, 2.75) is 77.5 Å². The van der Waals surface area contributed by atoms with Gasteiger partial charge in [-0.25, -0.2) is 0 Å². The maximum Gasteiger partial charge on any atom is 0.0834 e. The van der Waals surface area contributed by atoms with Crippen LogP contribution < -0.4 is 5.32 Å². The van der Waals surface area contributed by atoms with E-state index < -0.39 is 0 Å². The van der Waals surface area contributed by atoms with Gasteiger partial charge in [0.2, 0.25) is 0 Å². The zero-order valence-corrected chi connectivity index (χ0v) is 14.1. The summed E-state index contributed by atoms with van der Waals surface area (Å²) in [7, 11) is 1.88. The van der Waals surface area contributed by atoms with Crippen molar-refractivity contribution in [3.63, 3.8) is 0 Å². The summed E-state index contributed by atoms with van der Waals surface area (Å²) in [5.74, 6) is 0. The molecule has 4 heteroatoms. The second-order valence-corrected chi connectivity index (χ2v) is 6.09. The monoisotopic (exact) mass is 293 g/mol. The summed E-state index contributed by atoms with van der Waals surface area (Å²) in [6, 6.07) is 2.65. The molecule has 1 unspecified atom stereocenters. The summed E-state index contributed by atoms with van der Waals surface area (Å²) in [6.07, 6.45) is 6.90. The third kappa shape index (κ3) is 3.49. The Labute approximate surface area is 129 Å². The van der Waals surface area contributed by atoms with Crippen molar-refractivity contribution >= 4 is 0 Å². The Morgan fingerprint density at radius 1 is 1.33 bits per heavy atom. The number of nitrogens with one attached hydrogen (secondary N) is 1. The molecule has 21 heavy (non-hydrogen) atoms. The molecule has 1 aliphatic carbocycles. The van der Waals surface area contributed by atoms with Gasteiger partial charge in [-0.15, -0.1) is 0 Å². The quantitative estimate of drug-likeness (QED) is 0.801. The molecule has 0 radical (unpaired) electrons. The van der Waals surface area contributed by atoms with Gasteiger partial charge < -0.3 is 10.1 Å². The highest BCUT2D eigenvalue weighted by Gasteiger charge is 2.41. The Kier molecular flexibility index (Phi) is 5.82. The second-order valence-electron chi connectivity index (χ2n) is 6.09. The molecule has 0 saturated heterocycles. The zero-order chi connectivity index (χ0) is 15.3. The molecule has 1 N–H and O–H groups in total. The van der Waals surface area contributed by atoms with Gasteiger partial charge in [-0.2, -0.15) is 5.10 Å². The van der Waals surface area contributed by atoms with Crippen LogP contribution in [0.1, 0.15) is 57.8 Å². The maximum atomic E-state index is 6.00. The molecular formula is C17H31N3O. The fourth-order valence-corrected chi connectivity index (χ4v) is 3.69. The first kappa shape index (κ1) is 16.5. The van der Waals surface area contributed by atoms with Crippen LogP contribution in [0.3, 0.4) is 0 Å². The van der Waals surface area contributed by atoms with Crippen molar-refractivity contribution in [2.75, 3.05) is 13.7 Å². The highest BCUT2D eigenvalue weighted by molar-refractivity contribution is 5.14. The molecule has 1 heterocycles. The van der Waals surface area contributed by atoms with Crippen LogP contribution >= 0.6 is 0 Å². The minimum atomic E-state index is 0.00519. The highest BCUT2D eigenvalue weighted by atomic mass is 16.5. The largest absolute Gasteiger partial charge is 0.377 e. The van der Waals surface area contributed by atoms with Gasteiger partial charge in [-0.3, -0.25) is 4.68 Å². The Balaban J connectivity index is 2.21. The normalized spacial score (nSPS) is 19.0. The van der Waals surface area contributed by atoms with Crippen LogP contribution in [-0.2, 0) is 24.1 Å². The van der Waals surface area contributed by atoms with Crippen LogP contribution in [0, 0.1) is 0 Å². The lowest BCUT2D eigenvalue weighted by Gasteiger charge is -2.37. The molecule has 1 aromatic heterocycles. The molecule has 0 bridgehead atoms. The van der Waals surface area contributed by atoms with E-state index >= 15 is 0 Å². The fourth-order valence-electron chi connectivity index (χ4n) is 3.69. The minimum Gasteiger partial charge on any atom is -0.377 e. The van der Waals surface area contributed by atoms with Gasteiger partial charge in [0, 0.05) is 31.8 Å². The summed E-state index contributed by atoms with van der Waals surface area (Å²) < 4.78 is 8.15. The van der Waals surface area contributed by atoms with E-state index in [9.17, 15) is 0 Å². The highest BCUT2D eigenvalue weighted by Crippen LogP contribution is 2.36. The first-order valence-electron chi connectivity index (χ1n) is 8.53. The predicted octanol–water partition coefficient (Wildman–Crippen LogP) is 2.95. The summed E-state index contributed by atoms with van der Waals surface area (Å²) in [5, 5.41) is 8.36. The average molecular weight is 293 g/mol. The molecule has 2 rings (SSSR count). The average Bonchev–Trinajstić information content (AvgIpc) is 3.14. The van der Waals surface area contributed by atoms with Crippen molar-refractivity contribution in [3.05, 3.63) is 17.5 Å². The van der Waals surface area contributed by atoms with Gasteiger partial charge in [0.15, 0.2) is 0 Å². The van der Waals surface area contributed by atoms with Crippen LogP contribution in [0.2, 0.25) is 0 Å². The number of likely N-dealkylation sites (N-methyl/N-ethyl adjacent to an activating group) is 1. The summed E-state index contributed by atoms with van der Waals surface area (Å²) >= 11 is 0. The number of rotatable bonds is 8. The van der Waals surface area contributed by atoms with Crippen LogP contribution in [0.4, 0.5) is 0 Å². The van der Waals surface area contributed by atoms with E-state index in [0.717, 1.165) is 25.9 Å². The van der Waals surface area contributed by atoms with E-state index in [-0.39, 0.29) is 5.60 Å². The number of aromatic nitrogens is 2. The van der Waals surface area contributed by atoms with E-state index in [4.69, 9.17) is 4.74 Å². The van der Waals surface area contributed by atoms with E-state index in [1.807, 2.05) is 7.11 Å². The van der Waals surface area contributed by atoms with Crippen LogP contribution in [0.5, 0.6) is 0 Å². The SMILES string of the molecule is CCNC(Cc1cc(CC)nn1CC)C1(OC)CCCC1. The lowest BCUT2D eigenvalue weighted by Crippen LogP contribution is -2.52. The standard InChI is InChI=1S/C17H31N3O/c1-5-14-12-15(20(7-3)19-14)13-16(18-6-2)17(21-4)10-8-9-11-17/h12,16,18H,5-11,13H2,1-4H3. The third-order valence-corrected chi connectivity index (χ3v) is 4.93. The topological polar surface area (TPSA) is 39.1 Å². The zero-order valence-electron chi connectivity index (χ0n) is 14.1. The molecule has 1 fully saturated rings.